The van der Waals surface area contributed by atoms with Crippen molar-refractivity contribution in [3.8, 4) is 0 Å². The lowest BCUT2D eigenvalue weighted by Crippen LogP contribution is -2.34. The second kappa shape index (κ2) is 6.00. The SMILES string of the molecule is CCC[C@@H](N)C(=O)O[C@H](C)CC. The van der Waals surface area contributed by atoms with Gasteiger partial charge in [-0.1, -0.05) is 20.3 Å². The van der Waals surface area contributed by atoms with E-state index in [1.165, 1.54) is 0 Å². The third-order valence-corrected chi connectivity index (χ3v) is 1.79. The minimum absolute atomic E-state index is 0.0135. The monoisotopic (exact) mass is 173 g/mol. The molecule has 3 heteroatoms. The molecule has 0 aliphatic carbocycles. The van der Waals surface area contributed by atoms with E-state index < -0.39 is 6.04 Å². The standard InChI is InChI=1S/C9H19NO2/c1-4-6-8(10)9(11)12-7(3)5-2/h7-8H,4-6,10H2,1-3H3/t7-,8-/m1/s1. The van der Waals surface area contributed by atoms with Crippen molar-refractivity contribution in [1.82, 2.24) is 0 Å². The van der Waals surface area contributed by atoms with E-state index >= 15 is 0 Å². The molecule has 72 valence electrons. The lowest BCUT2D eigenvalue weighted by Gasteiger charge is -2.14. The summed E-state index contributed by atoms with van der Waals surface area (Å²) in [5.41, 5.74) is 5.56. The quantitative estimate of drug-likeness (QED) is 0.640. The van der Waals surface area contributed by atoms with Crippen LogP contribution in [0.3, 0.4) is 0 Å². The Morgan fingerprint density at radius 2 is 2.08 bits per heavy atom. The Hall–Kier alpha value is -0.570. The number of carbonyl (C=O) groups excluding carboxylic acids is 1. The Kier molecular flexibility index (Phi) is 5.72. The van der Waals surface area contributed by atoms with Gasteiger partial charge in [0.15, 0.2) is 0 Å². The van der Waals surface area contributed by atoms with Crippen molar-refractivity contribution in [2.45, 2.75) is 52.2 Å². The summed E-state index contributed by atoms with van der Waals surface area (Å²) in [6, 6.07) is -0.441. The number of esters is 1. The lowest BCUT2D eigenvalue weighted by molar-refractivity contribution is -0.150. The van der Waals surface area contributed by atoms with Crippen LogP contribution in [-0.4, -0.2) is 18.1 Å². The predicted molar refractivity (Wildman–Crippen MR) is 48.7 cm³/mol. The molecule has 0 aromatic rings. The second-order valence-corrected chi connectivity index (χ2v) is 3.05. The summed E-state index contributed by atoms with van der Waals surface area (Å²) < 4.78 is 5.05. The first kappa shape index (κ1) is 11.4. The molecule has 0 fully saturated rings. The molecule has 0 aliphatic rings. The summed E-state index contributed by atoms with van der Waals surface area (Å²) in [7, 11) is 0. The highest BCUT2D eigenvalue weighted by Crippen LogP contribution is 2.01. The van der Waals surface area contributed by atoms with Crippen LogP contribution in [0.5, 0.6) is 0 Å². The van der Waals surface area contributed by atoms with Gasteiger partial charge in [-0.25, -0.2) is 0 Å². The predicted octanol–water partition coefficient (Wildman–Crippen LogP) is 1.46. The Morgan fingerprint density at radius 3 is 2.50 bits per heavy atom. The number of hydrogen-bond acceptors (Lipinski definition) is 3. The highest BCUT2D eigenvalue weighted by atomic mass is 16.5. The highest BCUT2D eigenvalue weighted by molar-refractivity contribution is 5.75. The Balaban J connectivity index is 3.70. The molecule has 2 N–H and O–H groups in total. The van der Waals surface area contributed by atoms with Crippen molar-refractivity contribution in [3.63, 3.8) is 0 Å². The third kappa shape index (κ3) is 4.34. The van der Waals surface area contributed by atoms with Crippen molar-refractivity contribution in [3.05, 3.63) is 0 Å². The van der Waals surface area contributed by atoms with Crippen LogP contribution in [0.4, 0.5) is 0 Å². The maximum absolute atomic E-state index is 11.2. The van der Waals surface area contributed by atoms with Gasteiger partial charge in [-0.15, -0.1) is 0 Å². The van der Waals surface area contributed by atoms with E-state index in [0.29, 0.717) is 6.42 Å². The van der Waals surface area contributed by atoms with Crippen LogP contribution in [0.1, 0.15) is 40.0 Å². The summed E-state index contributed by atoms with van der Waals surface area (Å²) in [5.74, 6) is -0.272. The number of rotatable bonds is 5. The van der Waals surface area contributed by atoms with Gasteiger partial charge < -0.3 is 10.5 Å². The largest absolute Gasteiger partial charge is 0.462 e. The maximum Gasteiger partial charge on any atom is 0.323 e. The van der Waals surface area contributed by atoms with Crippen LogP contribution in [0.15, 0.2) is 0 Å². The highest BCUT2D eigenvalue weighted by Gasteiger charge is 2.15. The van der Waals surface area contributed by atoms with Gasteiger partial charge in [0, 0.05) is 0 Å². The molecule has 12 heavy (non-hydrogen) atoms. The number of carbonyl (C=O) groups is 1. The van der Waals surface area contributed by atoms with Crippen molar-refractivity contribution >= 4 is 5.97 Å². The summed E-state index contributed by atoms with van der Waals surface area (Å²) in [6.07, 6.45) is 2.44. The van der Waals surface area contributed by atoms with E-state index in [-0.39, 0.29) is 12.1 Å². The smallest absolute Gasteiger partial charge is 0.323 e. The van der Waals surface area contributed by atoms with Gasteiger partial charge in [-0.2, -0.15) is 0 Å². The summed E-state index contributed by atoms with van der Waals surface area (Å²) >= 11 is 0. The first-order valence-corrected chi connectivity index (χ1v) is 4.57. The van der Waals surface area contributed by atoms with Gasteiger partial charge >= 0.3 is 5.97 Å². The molecular weight excluding hydrogens is 154 g/mol. The molecule has 0 rings (SSSR count). The minimum atomic E-state index is -0.441. The average molecular weight is 173 g/mol. The normalized spacial score (nSPS) is 15.3. The zero-order valence-corrected chi connectivity index (χ0v) is 8.17. The van der Waals surface area contributed by atoms with E-state index in [4.69, 9.17) is 10.5 Å². The topological polar surface area (TPSA) is 52.3 Å². The molecule has 0 heterocycles. The minimum Gasteiger partial charge on any atom is -0.462 e. The molecule has 0 aromatic carbocycles. The molecule has 0 saturated heterocycles. The van der Waals surface area contributed by atoms with Gasteiger partial charge in [0.2, 0.25) is 0 Å². The van der Waals surface area contributed by atoms with Crippen molar-refractivity contribution in [2.24, 2.45) is 5.73 Å². The molecule has 0 aliphatic heterocycles. The first-order chi connectivity index (χ1) is 5.61. The number of ether oxygens (including phenoxy) is 1. The molecule has 0 spiro atoms. The van der Waals surface area contributed by atoms with Crippen LogP contribution in [0.2, 0.25) is 0 Å². The maximum atomic E-state index is 11.2. The van der Waals surface area contributed by atoms with Crippen molar-refractivity contribution < 1.29 is 9.53 Å². The number of nitrogens with two attached hydrogens (primary N) is 1. The molecule has 0 radical (unpaired) electrons. The van der Waals surface area contributed by atoms with Crippen LogP contribution in [-0.2, 0) is 9.53 Å². The molecule has 3 nitrogen and oxygen atoms in total. The van der Waals surface area contributed by atoms with Gasteiger partial charge in [0.25, 0.3) is 0 Å². The van der Waals surface area contributed by atoms with Crippen LogP contribution in [0.25, 0.3) is 0 Å². The third-order valence-electron chi connectivity index (χ3n) is 1.79. The fourth-order valence-corrected chi connectivity index (χ4v) is 0.798. The first-order valence-electron chi connectivity index (χ1n) is 4.57. The van der Waals surface area contributed by atoms with Crippen molar-refractivity contribution in [2.75, 3.05) is 0 Å². The molecule has 0 bridgehead atoms. The van der Waals surface area contributed by atoms with Crippen LogP contribution >= 0.6 is 0 Å². The van der Waals surface area contributed by atoms with Gasteiger partial charge in [0.05, 0.1) is 6.10 Å². The Morgan fingerprint density at radius 1 is 1.50 bits per heavy atom. The summed E-state index contributed by atoms with van der Waals surface area (Å²) in [5, 5.41) is 0. The summed E-state index contributed by atoms with van der Waals surface area (Å²) in [4.78, 5) is 11.2. The second-order valence-electron chi connectivity index (χ2n) is 3.05. The van der Waals surface area contributed by atoms with Gasteiger partial charge in [-0.3, -0.25) is 4.79 Å². The molecule has 2 atom stereocenters. The fourth-order valence-electron chi connectivity index (χ4n) is 0.798. The Labute approximate surface area is 74.3 Å². The van der Waals surface area contributed by atoms with E-state index in [0.717, 1.165) is 12.8 Å². The molecular formula is C9H19NO2. The van der Waals surface area contributed by atoms with Crippen LogP contribution in [0, 0.1) is 0 Å². The van der Waals surface area contributed by atoms with Gasteiger partial charge in [-0.05, 0) is 19.8 Å². The zero-order valence-electron chi connectivity index (χ0n) is 8.17. The zero-order chi connectivity index (χ0) is 9.56. The molecule has 0 aromatic heterocycles. The van der Waals surface area contributed by atoms with E-state index in [1.54, 1.807) is 0 Å². The number of hydrogen-bond donors (Lipinski definition) is 1. The van der Waals surface area contributed by atoms with E-state index in [2.05, 4.69) is 0 Å². The average Bonchev–Trinajstić information content (AvgIpc) is 2.04. The fraction of sp³-hybridized carbons (Fsp3) is 0.889. The summed E-state index contributed by atoms with van der Waals surface area (Å²) in [6.45, 7) is 5.84. The van der Waals surface area contributed by atoms with E-state index in [1.807, 2.05) is 20.8 Å². The lowest BCUT2D eigenvalue weighted by atomic mass is 10.2. The molecule has 0 amide bonds. The Bertz CT molecular complexity index is 136. The molecule has 0 unspecified atom stereocenters. The van der Waals surface area contributed by atoms with Gasteiger partial charge in [0.1, 0.15) is 6.04 Å². The van der Waals surface area contributed by atoms with E-state index in [9.17, 15) is 4.79 Å². The molecule has 0 saturated carbocycles. The van der Waals surface area contributed by atoms with Crippen LogP contribution < -0.4 is 5.73 Å². The van der Waals surface area contributed by atoms with Crippen molar-refractivity contribution in [1.29, 1.82) is 0 Å².